The Morgan fingerprint density at radius 3 is 2.63 bits per heavy atom. The molecular formula is C15H19NO3. The predicted molar refractivity (Wildman–Crippen MR) is 73.0 cm³/mol. The van der Waals surface area contributed by atoms with Gasteiger partial charge >= 0.3 is 0 Å². The number of hydrogen-bond donors (Lipinski definition) is 1. The van der Waals surface area contributed by atoms with Crippen LogP contribution < -0.4 is 4.74 Å². The molecule has 4 nitrogen and oxygen atoms in total. The van der Waals surface area contributed by atoms with Gasteiger partial charge in [-0.3, -0.25) is 4.90 Å². The SMILES string of the molecule is C#C[C@H](O)c1ccc(OCCN2CCOCC2)cc1. The van der Waals surface area contributed by atoms with E-state index in [1.165, 1.54) is 0 Å². The lowest BCUT2D eigenvalue weighted by atomic mass is 10.1. The van der Waals surface area contributed by atoms with Crippen LogP contribution in [-0.4, -0.2) is 49.5 Å². The van der Waals surface area contributed by atoms with E-state index in [0.29, 0.717) is 12.2 Å². The van der Waals surface area contributed by atoms with Crippen LogP contribution in [-0.2, 0) is 4.74 Å². The number of aliphatic hydroxyl groups is 1. The van der Waals surface area contributed by atoms with Gasteiger partial charge in [-0.15, -0.1) is 6.42 Å². The Hall–Kier alpha value is -1.54. The topological polar surface area (TPSA) is 41.9 Å². The lowest BCUT2D eigenvalue weighted by Gasteiger charge is -2.26. The summed E-state index contributed by atoms with van der Waals surface area (Å²) >= 11 is 0. The van der Waals surface area contributed by atoms with Gasteiger partial charge in [-0.05, 0) is 17.7 Å². The van der Waals surface area contributed by atoms with Crippen LogP contribution in [0.5, 0.6) is 5.75 Å². The maximum Gasteiger partial charge on any atom is 0.139 e. The van der Waals surface area contributed by atoms with Gasteiger partial charge in [-0.25, -0.2) is 0 Å². The van der Waals surface area contributed by atoms with E-state index in [9.17, 15) is 5.11 Å². The molecule has 1 aliphatic rings. The molecule has 0 radical (unpaired) electrons. The Bertz CT molecular complexity index is 418. The average Bonchev–Trinajstić information content (AvgIpc) is 2.48. The van der Waals surface area contributed by atoms with E-state index in [-0.39, 0.29) is 0 Å². The second-order valence-electron chi connectivity index (χ2n) is 4.44. The fourth-order valence-electron chi connectivity index (χ4n) is 1.96. The highest BCUT2D eigenvalue weighted by Crippen LogP contribution is 2.17. The molecule has 0 aliphatic carbocycles. The Morgan fingerprint density at radius 1 is 1.32 bits per heavy atom. The molecule has 0 spiro atoms. The van der Waals surface area contributed by atoms with Gasteiger partial charge in [0.05, 0.1) is 13.2 Å². The molecule has 1 aromatic rings. The number of ether oxygens (including phenoxy) is 2. The van der Waals surface area contributed by atoms with Crippen LogP contribution in [0.3, 0.4) is 0 Å². The molecule has 0 bridgehead atoms. The average molecular weight is 261 g/mol. The Labute approximate surface area is 113 Å². The molecule has 19 heavy (non-hydrogen) atoms. The summed E-state index contributed by atoms with van der Waals surface area (Å²) in [5.41, 5.74) is 0.711. The van der Waals surface area contributed by atoms with Crippen molar-refractivity contribution in [1.82, 2.24) is 4.90 Å². The van der Waals surface area contributed by atoms with Gasteiger partial charge in [0.1, 0.15) is 18.5 Å². The lowest BCUT2D eigenvalue weighted by Crippen LogP contribution is -2.38. The molecular weight excluding hydrogens is 242 g/mol. The predicted octanol–water partition coefficient (Wildman–Crippen LogP) is 1.06. The van der Waals surface area contributed by atoms with Gasteiger partial charge in [0, 0.05) is 19.6 Å². The third kappa shape index (κ3) is 4.25. The van der Waals surface area contributed by atoms with Crippen molar-refractivity contribution in [2.45, 2.75) is 6.10 Å². The fourth-order valence-corrected chi connectivity index (χ4v) is 1.96. The smallest absolute Gasteiger partial charge is 0.139 e. The van der Waals surface area contributed by atoms with E-state index in [1.807, 2.05) is 12.1 Å². The number of nitrogens with zero attached hydrogens (tertiary/aromatic N) is 1. The second kappa shape index (κ2) is 7.15. The summed E-state index contributed by atoms with van der Waals surface area (Å²) in [5, 5.41) is 9.47. The molecule has 1 aromatic carbocycles. The van der Waals surface area contributed by atoms with Crippen molar-refractivity contribution >= 4 is 0 Å². The van der Waals surface area contributed by atoms with Gasteiger partial charge in [-0.2, -0.15) is 0 Å². The molecule has 1 saturated heterocycles. The van der Waals surface area contributed by atoms with Crippen LogP contribution in [0.2, 0.25) is 0 Å². The summed E-state index contributed by atoms with van der Waals surface area (Å²) in [4.78, 5) is 2.32. The molecule has 102 valence electrons. The van der Waals surface area contributed by atoms with Crippen molar-refractivity contribution in [3.63, 3.8) is 0 Å². The molecule has 0 aromatic heterocycles. The maximum atomic E-state index is 9.47. The molecule has 1 N–H and O–H groups in total. The van der Waals surface area contributed by atoms with E-state index < -0.39 is 6.10 Å². The van der Waals surface area contributed by atoms with Crippen LogP contribution in [0, 0.1) is 12.3 Å². The minimum absolute atomic E-state index is 0.650. The Morgan fingerprint density at radius 2 is 2.00 bits per heavy atom. The second-order valence-corrected chi connectivity index (χ2v) is 4.44. The fraction of sp³-hybridized carbons (Fsp3) is 0.467. The van der Waals surface area contributed by atoms with E-state index in [2.05, 4.69) is 10.8 Å². The quantitative estimate of drug-likeness (QED) is 0.805. The van der Waals surface area contributed by atoms with Crippen LogP contribution in [0.4, 0.5) is 0 Å². The van der Waals surface area contributed by atoms with Gasteiger partial charge in [0.25, 0.3) is 0 Å². The zero-order valence-electron chi connectivity index (χ0n) is 10.9. The van der Waals surface area contributed by atoms with E-state index in [1.54, 1.807) is 12.1 Å². The first kappa shape index (κ1) is 13.9. The largest absolute Gasteiger partial charge is 0.492 e. The maximum absolute atomic E-state index is 9.47. The van der Waals surface area contributed by atoms with Crippen molar-refractivity contribution in [2.24, 2.45) is 0 Å². The first-order valence-corrected chi connectivity index (χ1v) is 6.46. The monoisotopic (exact) mass is 261 g/mol. The van der Waals surface area contributed by atoms with Crippen LogP contribution >= 0.6 is 0 Å². The third-order valence-corrected chi connectivity index (χ3v) is 3.13. The number of aliphatic hydroxyl groups excluding tert-OH is 1. The molecule has 0 amide bonds. The summed E-state index contributed by atoms with van der Waals surface area (Å²) in [6.45, 7) is 5.10. The molecule has 4 heteroatoms. The number of terminal acetylenes is 1. The number of benzene rings is 1. The van der Waals surface area contributed by atoms with Gasteiger partial charge in [0.15, 0.2) is 0 Å². The van der Waals surface area contributed by atoms with E-state index in [4.69, 9.17) is 15.9 Å². The standard InChI is InChI=1S/C15H19NO3/c1-2-15(17)13-3-5-14(6-4-13)19-12-9-16-7-10-18-11-8-16/h1,3-6,15,17H,7-12H2/t15-/m0/s1. The number of morpholine rings is 1. The molecule has 1 fully saturated rings. The zero-order chi connectivity index (χ0) is 13.5. The van der Waals surface area contributed by atoms with Gasteiger partial charge in [0.2, 0.25) is 0 Å². The van der Waals surface area contributed by atoms with Crippen LogP contribution in [0.25, 0.3) is 0 Å². The third-order valence-electron chi connectivity index (χ3n) is 3.13. The van der Waals surface area contributed by atoms with Crippen molar-refractivity contribution in [3.05, 3.63) is 29.8 Å². The Kier molecular flexibility index (Phi) is 5.22. The first-order valence-electron chi connectivity index (χ1n) is 6.46. The minimum Gasteiger partial charge on any atom is -0.492 e. The molecule has 0 saturated carbocycles. The number of hydrogen-bond acceptors (Lipinski definition) is 4. The van der Waals surface area contributed by atoms with E-state index >= 15 is 0 Å². The molecule has 1 atom stereocenters. The Balaban J connectivity index is 1.75. The number of rotatable bonds is 5. The van der Waals surface area contributed by atoms with E-state index in [0.717, 1.165) is 38.6 Å². The van der Waals surface area contributed by atoms with Gasteiger partial charge in [-0.1, -0.05) is 18.1 Å². The molecule has 0 unspecified atom stereocenters. The van der Waals surface area contributed by atoms with Crippen molar-refractivity contribution in [2.75, 3.05) is 39.5 Å². The molecule has 2 rings (SSSR count). The zero-order valence-corrected chi connectivity index (χ0v) is 10.9. The summed E-state index contributed by atoms with van der Waals surface area (Å²) in [6.07, 6.45) is 4.31. The molecule has 1 aliphatic heterocycles. The van der Waals surface area contributed by atoms with Gasteiger partial charge < -0.3 is 14.6 Å². The van der Waals surface area contributed by atoms with Crippen molar-refractivity contribution in [1.29, 1.82) is 0 Å². The lowest BCUT2D eigenvalue weighted by molar-refractivity contribution is 0.0322. The normalized spacial score (nSPS) is 17.7. The van der Waals surface area contributed by atoms with Crippen molar-refractivity contribution < 1.29 is 14.6 Å². The summed E-state index contributed by atoms with van der Waals surface area (Å²) in [5.74, 6) is 3.08. The van der Waals surface area contributed by atoms with Crippen LogP contribution in [0.15, 0.2) is 24.3 Å². The van der Waals surface area contributed by atoms with Crippen molar-refractivity contribution in [3.8, 4) is 18.1 Å². The summed E-state index contributed by atoms with van der Waals surface area (Å²) < 4.78 is 10.9. The minimum atomic E-state index is -0.845. The molecule has 1 heterocycles. The highest BCUT2D eigenvalue weighted by atomic mass is 16.5. The highest BCUT2D eigenvalue weighted by Gasteiger charge is 2.09. The first-order chi connectivity index (χ1) is 9.29. The van der Waals surface area contributed by atoms with Crippen LogP contribution in [0.1, 0.15) is 11.7 Å². The highest BCUT2D eigenvalue weighted by molar-refractivity contribution is 5.31. The summed E-state index contributed by atoms with van der Waals surface area (Å²) in [7, 11) is 0. The summed E-state index contributed by atoms with van der Waals surface area (Å²) in [6, 6.07) is 7.23.